The SMILES string of the molecule is CCOC(=O)COc1cccc(NC(=O)CC2COCCN2)c1. The van der Waals surface area contributed by atoms with Gasteiger partial charge in [0.05, 0.1) is 19.8 Å². The molecule has 7 nitrogen and oxygen atoms in total. The van der Waals surface area contributed by atoms with Gasteiger partial charge in [-0.25, -0.2) is 4.79 Å². The van der Waals surface area contributed by atoms with E-state index in [1.807, 2.05) is 0 Å². The minimum atomic E-state index is -0.426. The van der Waals surface area contributed by atoms with Crippen LogP contribution in [0.4, 0.5) is 5.69 Å². The summed E-state index contributed by atoms with van der Waals surface area (Å²) in [6.07, 6.45) is 0.341. The molecule has 1 atom stereocenters. The maximum Gasteiger partial charge on any atom is 0.344 e. The second kappa shape index (κ2) is 9.12. The molecule has 2 rings (SSSR count). The lowest BCUT2D eigenvalue weighted by atomic mass is 10.2. The molecule has 0 aromatic heterocycles. The van der Waals surface area contributed by atoms with Crippen molar-refractivity contribution in [3.8, 4) is 5.75 Å². The molecule has 0 spiro atoms. The second-order valence-corrected chi connectivity index (χ2v) is 5.10. The van der Waals surface area contributed by atoms with Crippen molar-refractivity contribution in [3.63, 3.8) is 0 Å². The summed E-state index contributed by atoms with van der Waals surface area (Å²) in [5, 5.41) is 6.04. The molecule has 1 heterocycles. The number of ether oxygens (including phenoxy) is 3. The first-order valence-electron chi connectivity index (χ1n) is 7.67. The average Bonchev–Trinajstić information content (AvgIpc) is 2.54. The van der Waals surface area contributed by atoms with E-state index in [-0.39, 0.29) is 18.6 Å². The highest BCUT2D eigenvalue weighted by Crippen LogP contribution is 2.17. The first-order valence-corrected chi connectivity index (χ1v) is 7.67. The minimum Gasteiger partial charge on any atom is -0.482 e. The van der Waals surface area contributed by atoms with Crippen LogP contribution in [0.25, 0.3) is 0 Å². The number of hydrogen-bond acceptors (Lipinski definition) is 6. The predicted molar refractivity (Wildman–Crippen MR) is 84.4 cm³/mol. The second-order valence-electron chi connectivity index (χ2n) is 5.10. The van der Waals surface area contributed by atoms with E-state index in [4.69, 9.17) is 14.2 Å². The number of benzene rings is 1. The summed E-state index contributed by atoms with van der Waals surface area (Å²) in [7, 11) is 0. The third kappa shape index (κ3) is 6.25. The predicted octanol–water partition coefficient (Wildman–Crippen LogP) is 0.945. The van der Waals surface area contributed by atoms with E-state index in [9.17, 15) is 9.59 Å². The summed E-state index contributed by atoms with van der Waals surface area (Å²) in [6.45, 7) is 3.87. The van der Waals surface area contributed by atoms with Crippen molar-refractivity contribution in [2.45, 2.75) is 19.4 Å². The molecule has 2 N–H and O–H groups in total. The molecule has 0 bridgehead atoms. The monoisotopic (exact) mass is 322 g/mol. The van der Waals surface area contributed by atoms with Crippen LogP contribution < -0.4 is 15.4 Å². The Balaban J connectivity index is 1.81. The fourth-order valence-corrected chi connectivity index (χ4v) is 2.20. The lowest BCUT2D eigenvalue weighted by molar-refractivity contribution is -0.145. The molecule has 7 heteroatoms. The number of carbonyl (C=O) groups is 2. The minimum absolute atomic E-state index is 0.0343. The fraction of sp³-hybridized carbons (Fsp3) is 0.500. The molecule has 1 aromatic rings. The van der Waals surface area contributed by atoms with Crippen molar-refractivity contribution >= 4 is 17.6 Å². The van der Waals surface area contributed by atoms with Gasteiger partial charge in [-0.15, -0.1) is 0 Å². The van der Waals surface area contributed by atoms with Crippen LogP contribution in [0.1, 0.15) is 13.3 Å². The molecule has 126 valence electrons. The molecule has 1 fully saturated rings. The molecule has 1 aromatic carbocycles. The van der Waals surface area contributed by atoms with Crippen molar-refractivity contribution in [1.82, 2.24) is 5.32 Å². The normalized spacial score (nSPS) is 17.3. The summed E-state index contributed by atoms with van der Waals surface area (Å²) in [6, 6.07) is 6.93. The summed E-state index contributed by atoms with van der Waals surface area (Å²) in [5.74, 6) is -0.0316. The molecule has 23 heavy (non-hydrogen) atoms. The molecule has 1 unspecified atom stereocenters. The highest BCUT2D eigenvalue weighted by molar-refractivity contribution is 5.91. The summed E-state index contributed by atoms with van der Waals surface area (Å²) in [4.78, 5) is 23.3. The van der Waals surface area contributed by atoms with Gasteiger partial charge in [0.1, 0.15) is 5.75 Å². The molecular weight excluding hydrogens is 300 g/mol. The number of carbonyl (C=O) groups excluding carboxylic acids is 2. The lowest BCUT2D eigenvalue weighted by Gasteiger charge is -2.23. The average molecular weight is 322 g/mol. The van der Waals surface area contributed by atoms with E-state index in [1.165, 1.54) is 0 Å². The Hall–Kier alpha value is -2.12. The van der Waals surface area contributed by atoms with Gasteiger partial charge in [-0.3, -0.25) is 4.79 Å². The van der Waals surface area contributed by atoms with Gasteiger partial charge in [-0.2, -0.15) is 0 Å². The number of anilines is 1. The van der Waals surface area contributed by atoms with Crippen LogP contribution in [0.15, 0.2) is 24.3 Å². The van der Waals surface area contributed by atoms with Crippen LogP contribution in [0, 0.1) is 0 Å². The van der Waals surface area contributed by atoms with Crippen LogP contribution in [0.5, 0.6) is 5.75 Å². The Bertz CT molecular complexity index is 529. The van der Waals surface area contributed by atoms with Crippen LogP contribution in [-0.2, 0) is 19.1 Å². The number of esters is 1. The summed E-state index contributed by atoms with van der Waals surface area (Å²) in [5.41, 5.74) is 0.619. The van der Waals surface area contributed by atoms with E-state index in [1.54, 1.807) is 31.2 Å². The Labute approximate surface area is 135 Å². The first kappa shape index (κ1) is 17.2. The number of amides is 1. The molecular formula is C16H22N2O5. The third-order valence-electron chi connectivity index (χ3n) is 3.21. The van der Waals surface area contributed by atoms with Gasteiger partial charge in [0, 0.05) is 30.8 Å². The Morgan fingerprint density at radius 3 is 3.04 bits per heavy atom. The third-order valence-corrected chi connectivity index (χ3v) is 3.21. The largest absolute Gasteiger partial charge is 0.482 e. The molecule has 0 radical (unpaired) electrons. The smallest absolute Gasteiger partial charge is 0.344 e. The van der Waals surface area contributed by atoms with Crippen molar-refractivity contribution in [2.75, 3.05) is 38.3 Å². The van der Waals surface area contributed by atoms with Crippen LogP contribution in [-0.4, -0.2) is 50.9 Å². The molecule has 0 saturated carbocycles. The van der Waals surface area contributed by atoms with Crippen molar-refractivity contribution in [1.29, 1.82) is 0 Å². The topological polar surface area (TPSA) is 85.9 Å². The van der Waals surface area contributed by atoms with Crippen molar-refractivity contribution < 1.29 is 23.8 Å². The zero-order valence-corrected chi connectivity index (χ0v) is 13.2. The Kier molecular flexibility index (Phi) is 6.83. The van der Waals surface area contributed by atoms with E-state index >= 15 is 0 Å². The Morgan fingerprint density at radius 2 is 2.30 bits per heavy atom. The number of nitrogens with one attached hydrogen (secondary N) is 2. The molecule has 0 aliphatic carbocycles. The van der Waals surface area contributed by atoms with Gasteiger partial charge >= 0.3 is 5.97 Å². The standard InChI is InChI=1S/C16H22N2O5/c1-2-22-16(20)11-23-14-5-3-4-12(8-14)18-15(19)9-13-10-21-7-6-17-13/h3-5,8,13,17H,2,6-7,9-11H2,1H3,(H,18,19). The van der Waals surface area contributed by atoms with Gasteiger partial charge in [0.15, 0.2) is 6.61 Å². The van der Waals surface area contributed by atoms with Gasteiger partial charge in [0.25, 0.3) is 0 Å². The van der Waals surface area contributed by atoms with Crippen molar-refractivity contribution in [3.05, 3.63) is 24.3 Å². The van der Waals surface area contributed by atoms with E-state index in [2.05, 4.69) is 10.6 Å². The van der Waals surface area contributed by atoms with Crippen LogP contribution in [0.2, 0.25) is 0 Å². The summed E-state index contributed by atoms with van der Waals surface area (Å²) >= 11 is 0. The quantitative estimate of drug-likeness (QED) is 0.727. The van der Waals surface area contributed by atoms with Gasteiger partial charge < -0.3 is 24.8 Å². The van der Waals surface area contributed by atoms with E-state index in [0.29, 0.717) is 37.7 Å². The van der Waals surface area contributed by atoms with Gasteiger partial charge in [-0.1, -0.05) is 6.07 Å². The molecule has 1 aliphatic heterocycles. The zero-order valence-electron chi connectivity index (χ0n) is 13.2. The summed E-state index contributed by atoms with van der Waals surface area (Å²) < 4.78 is 15.4. The van der Waals surface area contributed by atoms with Gasteiger partial charge in [0.2, 0.25) is 5.91 Å². The lowest BCUT2D eigenvalue weighted by Crippen LogP contribution is -2.43. The van der Waals surface area contributed by atoms with Crippen molar-refractivity contribution in [2.24, 2.45) is 0 Å². The maximum absolute atomic E-state index is 12.0. The van der Waals surface area contributed by atoms with Crippen LogP contribution >= 0.6 is 0 Å². The highest BCUT2D eigenvalue weighted by atomic mass is 16.6. The molecule has 1 amide bonds. The number of morpholine rings is 1. The highest BCUT2D eigenvalue weighted by Gasteiger charge is 2.17. The fourth-order valence-electron chi connectivity index (χ4n) is 2.20. The van der Waals surface area contributed by atoms with Crippen LogP contribution in [0.3, 0.4) is 0 Å². The maximum atomic E-state index is 12.0. The first-order chi connectivity index (χ1) is 11.2. The van der Waals surface area contributed by atoms with E-state index in [0.717, 1.165) is 6.54 Å². The van der Waals surface area contributed by atoms with E-state index < -0.39 is 5.97 Å². The Morgan fingerprint density at radius 1 is 1.43 bits per heavy atom. The number of rotatable bonds is 7. The zero-order chi connectivity index (χ0) is 16.5. The van der Waals surface area contributed by atoms with Gasteiger partial charge in [-0.05, 0) is 19.1 Å². The molecule has 1 aliphatic rings. The molecule has 1 saturated heterocycles. The number of hydrogen-bond donors (Lipinski definition) is 2.